The van der Waals surface area contributed by atoms with Gasteiger partial charge in [-0.1, -0.05) is 37.4 Å². The van der Waals surface area contributed by atoms with Crippen LogP contribution in [0, 0.1) is 11.7 Å². The Morgan fingerprint density at radius 2 is 2.18 bits per heavy atom. The fourth-order valence-corrected chi connectivity index (χ4v) is 3.69. The average Bonchev–Trinajstić information content (AvgIpc) is 2.70. The number of amides is 3. The molecule has 2 aliphatic rings. The van der Waals surface area contributed by atoms with Crippen molar-refractivity contribution in [1.29, 1.82) is 0 Å². The normalized spacial score (nSPS) is 28.3. The van der Waals surface area contributed by atoms with Gasteiger partial charge in [-0.05, 0) is 36.5 Å². The molecule has 1 saturated carbocycles. The van der Waals surface area contributed by atoms with E-state index in [1.54, 1.807) is 0 Å². The number of carbonyl (C=O) groups is 2. The van der Waals surface area contributed by atoms with Crippen molar-refractivity contribution in [2.45, 2.75) is 44.7 Å². The number of imide groups is 1. The molecule has 1 aliphatic heterocycles. The summed E-state index contributed by atoms with van der Waals surface area (Å²) in [4.78, 5) is 26.3. The average molecular weight is 325 g/mol. The maximum absolute atomic E-state index is 13.1. The van der Waals surface area contributed by atoms with Crippen LogP contribution >= 0.6 is 11.6 Å². The Balaban J connectivity index is 1.86. The maximum atomic E-state index is 13.1. The molecule has 2 atom stereocenters. The van der Waals surface area contributed by atoms with E-state index in [0.29, 0.717) is 12.0 Å². The van der Waals surface area contributed by atoms with Crippen molar-refractivity contribution in [3.8, 4) is 0 Å². The Bertz CT molecular complexity index is 637. The summed E-state index contributed by atoms with van der Waals surface area (Å²) in [6.07, 6.45) is 3.61. The molecule has 0 radical (unpaired) electrons. The molecule has 3 amide bonds. The summed E-state index contributed by atoms with van der Waals surface area (Å²) in [7, 11) is 0. The third-order valence-corrected chi connectivity index (χ3v) is 5.20. The maximum Gasteiger partial charge on any atom is 0.325 e. The van der Waals surface area contributed by atoms with E-state index >= 15 is 0 Å². The number of hydrogen-bond donors (Lipinski definition) is 1. The second kappa shape index (κ2) is 5.54. The zero-order chi connectivity index (χ0) is 15.9. The minimum atomic E-state index is -0.776. The van der Waals surface area contributed by atoms with Gasteiger partial charge in [0, 0.05) is 5.02 Å². The van der Waals surface area contributed by atoms with Gasteiger partial charge in [0.05, 0.1) is 6.54 Å². The Morgan fingerprint density at radius 1 is 1.41 bits per heavy atom. The Labute approximate surface area is 133 Å². The van der Waals surface area contributed by atoms with E-state index < -0.39 is 11.4 Å². The van der Waals surface area contributed by atoms with Crippen LogP contribution < -0.4 is 5.32 Å². The number of nitrogens with zero attached hydrogens (tertiary/aromatic N) is 1. The van der Waals surface area contributed by atoms with Gasteiger partial charge in [0.25, 0.3) is 5.91 Å². The first-order valence-electron chi connectivity index (χ1n) is 7.52. The Morgan fingerprint density at radius 3 is 2.86 bits per heavy atom. The lowest BCUT2D eigenvalue weighted by atomic mass is 9.73. The molecule has 0 aromatic heterocycles. The molecule has 0 unspecified atom stereocenters. The molecule has 1 aliphatic carbocycles. The molecule has 6 heteroatoms. The van der Waals surface area contributed by atoms with Gasteiger partial charge in [-0.15, -0.1) is 0 Å². The summed E-state index contributed by atoms with van der Waals surface area (Å²) in [5, 5.41) is 3.11. The molecule has 1 spiro atoms. The van der Waals surface area contributed by atoms with Crippen molar-refractivity contribution < 1.29 is 14.0 Å². The van der Waals surface area contributed by atoms with Crippen LogP contribution in [0.25, 0.3) is 0 Å². The highest BCUT2D eigenvalue weighted by molar-refractivity contribution is 6.31. The highest BCUT2D eigenvalue weighted by Gasteiger charge is 2.54. The minimum absolute atomic E-state index is 0.0677. The summed E-state index contributed by atoms with van der Waals surface area (Å²) in [6.45, 7) is 2.07. The standard InChI is InChI=1S/C16H18ClFN2O2/c1-10-4-2-3-7-16(10)14(21)20(15(22)19-16)9-11-5-6-12(18)8-13(11)17/h5-6,8,10H,2-4,7,9H2,1H3,(H,19,22)/t10-,16-/m0/s1. The highest BCUT2D eigenvalue weighted by atomic mass is 35.5. The third kappa shape index (κ3) is 2.37. The van der Waals surface area contributed by atoms with Gasteiger partial charge < -0.3 is 5.32 Å². The van der Waals surface area contributed by atoms with Gasteiger partial charge in [-0.2, -0.15) is 0 Å². The van der Waals surface area contributed by atoms with Gasteiger partial charge in [0.2, 0.25) is 0 Å². The van der Waals surface area contributed by atoms with E-state index in [9.17, 15) is 14.0 Å². The second-order valence-electron chi connectivity index (χ2n) is 6.18. The lowest BCUT2D eigenvalue weighted by Crippen LogP contribution is -2.53. The van der Waals surface area contributed by atoms with Gasteiger partial charge in [-0.3, -0.25) is 9.69 Å². The van der Waals surface area contributed by atoms with E-state index in [4.69, 9.17) is 11.6 Å². The van der Waals surface area contributed by atoms with Crippen molar-refractivity contribution in [2.24, 2.45) is 5.92 Å². The number of rotatable bonds is 2. The fourth-order valence-electron chi connectivity index (χ4n) is 3.46. The molecule has 1 saturated heterocycles. The van der Waals surface area contributed by atoms with Gasteiger partial charge in [0.15, 0.2) is 0 Å². The summed E-state index contributed by atoms with van der Waals surface area (Å²) >= 11 is 6.00. The SMILES string of the molecule is C[C@H]1CCCC[C@]12NC(=O)N(Cc1ccc(F)cc1Cl)C2=O. The van der Waals surface area contributed by atoms with Crippen LogP contribution in [-0.2, 0) is 11.3 Å². The van der Waals surface area contributed by atoms with Gasteiger partial charge >= 0.3 is 6.03 Å². The van der Waals surface area contributed by atoms with E-state index in [2.05, 4.69) is 5.32 Å². The molecule has 1 aromatic carbocycles. The van der Waals surface area contributed by atoms with E-state index in [1.807, 2.05) is 6.92 Å². The Hall–Kier alpha value is -1.62. The zero-order valence-electron chi connectivity index (χ0n) is 12.4. The molecule has 118 valence electrons. The molecular weight excluding hydrogens is 307 g/mol. The van der Waals surface area contributed by atoms with E-state index in [0.717, 1.165) is 19.3 Å². The van der Waals surface area contributed by atoms with E-state index in [1.165, 1.54) is 23.1 Å². The number of hydrogen-bond acceptors (Lipinski definition) is 2. The minimum Gasteiger partial charge on any atom is -0.323 e. The highest BCUT2D eigenvalue weighted by Crippen LogP contribution is 2.38. The first-order chi connectivity index (χ1) is 10.4. The monoisotopic (exact) mass is 324 g/mol. The summed E-state index contributed by atoms with van der Waals surface area (Å²) in [5.74, 6) is -0.514. The molecule has 3 rings (SSSR count). The third-order valence-electron chi connectivity index (χ3n) is 4.85. The Kier molecular flexibility index (Phi) is 3.85. The zero-order valence-corrected chi connectivity index (χ0v) is 13.1. The quantitative estimate of drug-likeness (QED) is 0.847. The first-order valence-corrected chi connectivity index (χ1v) is 7.90. The molecule has 1 aromatic rings. The summed E-state index contributed by atoms with van der Waals surface area (Å²) in [6, 6.07) is 3.58. The fraction of sp³-hybridized carbons (Fsp3) is 0.500. The molecule has 0 bridgehead atoms. The summed E-state index contributed by atoms with van der Waals surface area (Å²) in [5.41, 5.74) is -0.214. The predicted octanol–water partition coefficient (Wildman–Crippen LogP) is 3.48. The number of carbonyl (C=O) groups excluding carboxylic acids is 2. The van der Waals surface area contributed by atoms with E-state index in [-0.39, 0.29) is 29.4 Å². The van der Waals surface area contributed by atoms with Crippen molar-refractivity contribution in [1.82, 2.24) is 10.2 Å². The number of benzene rings is 1. The van der Waals surface area contributed by atoms with Gasteiger partial charge in [0.1, 0.15) is 11.4 Å². The van der Waals surface area contributed by atoms with Gasteiger partial charge in [-0.25, -0.2) is 9.18 Å². The number of halogens is 2. The van der Waals surface area contributed by atoms with Crippen LogP contribution in [-0.4, -0.2) is 22.4 Å². The van der Waals surface area contributed by atoms with Crippen LogP contribution in [0.1, 0.15) is 38.2 Å². The molecule has 22 heavy (non-hydrogen) atoms. The van der Waals surface area contributed by atoms with Crippen molar-refractivity contribution in [3.05, 3.63) is 34.6 Å². The topological polar surface area (TPSA) is 49.4 Å². The lowest BCUT2D eigenvalue weighted by molar-refractivity contribution is -0.134. The first kappa shape index (κ1) is 15.3. The van der Waals surface area contributed by atoms with Crippen LogP contribution in [0.5, 0.6) is 0 Å². The number of urea groups is 1. The number of nitrogens with one attached hydrogen (secondary N) is 1. The van der Waals surface area contributed by atoms with Crippen LogP contribution in [0.3, 0.4) is 0 Å². The smallest absolute Gasteiger partial charge is 0.323 e. The second-order valence-corrected chi connectivity index (χ2v) is 6.58. The predicted molar refractivity (Wildman–Crippen MR) is 80.9 cm³/mol. The van der Waals surface area contributed by atoms with Crippen molar-refractivity contribution in [3.63, 3.8) is 0 Å². The van der Waals surface area contributed by atoms with Crippen molar-refractivity contribution >= 4 is 23.5 Å². The van der Waals surface area contributed by atoms with Crippen molar-refractivity contribution in [2.75, 3.05) is 0 Å². The van der Waals surface area contributed by atoms with Crippen LogP contribution in [0.15, 0.2) is 18.2 Å². The molecular formula is C16H18ClFN2O2. The van der Waals surface area contributed by atoms with Crippen LogP contribution in [0.4, 0.5) is 9.18 Å². The summed E-state index contributed by atoms with van der Waals surface area (Å²) < 4.78 is 13.1. The van der Waals surface area contributed by atoms with Crippen LogP contribution in [0.2, 0.25) is 5.02 Å². The molecule has 1 N–H and O–H groups in total. The lowest BCUT2D eigenvalue weighted by Gasteiger charge is -2.36. The molecule has 1 heterocycles. The molecule has 2 fully saturated rings. The largest absolute Gasteiger partial charge is 0.325 e. The molecule has 4 nitrogen and oxygen atoms in total.